The van der Waals surface area contributed by atoms with Crippen LogP contribution in [0, 0.1) is 6.92 Å². The van der Waals surface area contributed by atoms with E-state index in [1.54, 1.807) is 0 Å². The number of furan rings is 1. The lowest BCUT2D eigenvalue weighted by Crippen LogP contribution is -2.40. The van der Waals surface area contributed by atoms with E-state index in [0.717, 1.165) is 49.0 Å². The molecule has 2 aromatic heterocycles. The van der Waals surface area contributed by atoms with Gasteiger partial charge in [0.25, 0.3) is 0 Å². The van der Waals surface area contributed by atoms with Crippen molar-refractivity contribution in [2.45, 2.75) is 25.8 Å². The molecule has 2 N–H and O–H groups in total. The molecular weight excluding hydrogens is 240 g/mol. The summed E-state index contributed by atoms with van der Waals surface area (Å²) in [5.74, 6) is 2.56. The number of rotatable bonds is 2. The first-order valence-electron chi connectivity index (χ1n) is 6.63. The number of nitrogens with two attached hydrogens (primary N) is 1. The van der Waals surface area contributed by atoms with Crippen LogP contribution in [0.25, 0.3) is 11.5 Å². The zero-order valence-corrected chi connectivity index (χ0v) is 11.0. The van der Waals surface area contributed by atoms with E-state index >= 15 is 0 Å². The number of anilines is 1. The zero-order valence-electron chi connectivity index (χ0n) is 11.0. The molecule has 5 nitrogen and oxygen atoms in total. The first-order chi connectivity index (χ1) is 9.22. The minimum absolute atomic E-state index is 0.328. The van der Waals surface area contributed by atoms with Crippen molar-refractivity contribution >= 4 is 5.82 Å². The summed E-state index contributed by atoms with van der Waals surface area (Å²) in [7, 11) is 0. The third kappa shape index (κ3) is 2.61. The van der Waals surface area contributed by atoms with Gasteiger partial charge in [-0.05, 0) is 44.0 Å². The summed E-state index contributed by atoms with van der Waals surface area (Å²) in [5, 5.41) is 8.53. The minimum Gasteiger partial charge on any atom is -0.460 e. The molecule has 1 aliphatic rings. The molecule has 0 radical (unpaired) electrons. The second-order valence-electron chi connectivity index (χ2n) is 5.01. The van der Waals surface area contributed by atoms with Gasteiger partial charge in [-0.15, -0.1) is 10.2 Å². The van der Waals surface area contributed by atoms with E-state index in [9.17, 15) is 0 Å². The maximum absolute atomic E-state index is 5.90. The van der Waals surface area contributed by atoms with Crippen molar-refractivity contribution in [3.8, 4) is 11.5 Å². The molecule has 19 heavy (non-hydrogen) atoms. The van der Waals surface area contributed by atoms with Gasteiger partial charge in [0.05, 0.1) is 0 Å². The Hall–Kier alpha value is -1.88. The van der Waals surface area contributed by atoms with Crippen molar-refractivity contribution in [1.29, 1.82) is 0 Å². The highest BCUT2D eigenvalue weighted by atomic mass is 16.3. The van der Waals surface area contributed by atoms with Crippen molar-refractivity contribution in [2.75, 3.05) is 18.0 Å². The monoisotopic (exact) mass is 258 g/mol. The van der Waals surface area contributed by atoms with E-state index in [1.165, 1.54) is 0 Å². The van der Waals surface area contributed by atoms with Gasteiger partial charge in [0.1, 0.15) is 11.5 Å². The van der Waals surface area contributed by atoms with E-state index in [2.05, 4.69) is 15.1 Å². The molecule has 1 aliphatic heterocycles. The maximum Gasteiger partial charge on any atom is 0.154 e. The highest BCUT2D eigenvalue weighted by Crippen LogP contribution is 2.22. The number of aryl methyl sites for hydroxylation is 1. The lowest BCUT2D eigenvalue weighted by molar-refractivity contribution is 0.497. The molecule has 0 atom stereocenters. The highest BCUT2D eigenvalue weighted by Gasteiger charge is 2.17. The van der Waals surface area contributed by atoms with Crippen LogP contribution >= 0.6 is 0 Å². The molecule has 1 fully saturated rings. The normalized spacial score (nSPS) is 16.8. The Bertz CT molecular complexity index is 541. The number of nitrogens with zero attached hydrogens (tertiary/aromatic N) is 3. The largest absolute Gasteiger partial charge is 0.460 e. The Balaban J connectivity index is 1.75. The average molecular weight is 258 g/mol. The summed E-state index contributed by atoms with van der Waals surface area (Å²) in [6, 6.07) is 8.12. The Labute approximate surface area is 112 Å². The van der Waals surface area contributed by atoms with Crippen LogP contribution in [-0.2, 0) is 0 Å². The SMILES string of the molecule is Cc1ccc(-c2ccc(N3CCC(N)CC3)nn2)o1. The van der Waals surface area contributed by atoms with Crippen LogP contribution in [0.4, 0.5) is 5.82 Å². The van der Waals surface area contributed by atoms with Gasteiger partial charge in [-0.2, -0.15) is 0 Å². The highest BCUT2D eigenvalue weighted by molar-refractivity contribution is 5.53. The Morgan fingerprint density at radius 2 is 1.95 bits per heavy atom. The van der Waals surface area contributed by atoms with E-state index in [4.69, 9.17) is 10.2 Å². The average Bonchev–Trinajstić information content (AvgIpc) is 2.87. The minimum atomic E-state index is 0.328. The molecule has 1 saturated heterocycles. The molecule has 3 rings (SSSR count). The predicted molar refractivity (Wildman–Crippen MR) is 73.9 cm³/mol. The van der Waals surface area contributed by atoms with Gasteiger partial charge in [-0.3, -0.25) is 0 Å². The van der Waals surface area contributed by atoms with Crippen LogP contribution in [0.1, 0.15) is 18.6 Å². The molecule has 0 amide bonds. The molecule has 0 spiro atoms. The molecule has 0 saturated carbocycles. The smallest absolute Gasteiger partial charge is 0.154 e. The van der Waals surface area contributed by atoms with Gasteiger partial charge in [-0.25, -0.2) is 0 Å². The van der Waals surface area contributed by atoms with Gasteiger partial charge in [0.2, 0.25) is 0 Å². The van der Waals surface area contributed by atoms with E-state index in [1.807, 2.05) is 31.2 Å². The molecule has 0 bridgehead atoms. The summed E-state index contributed by atoms with van der Waals surface area (Å²) in [6.45, 7) is 3.83. The van der Waals surface area contributed by atoms with Gasteiger partial charge < -0.3 is 15.1 Å². The fourth-order valence-electron chi connectivity index (χ4n) is 2.33. The second-order valence-corrected chi connectivity index (χ2v) is 5.01. The molecule has 5 heteroatoms. The Morgan fingerprint density at radius 3 is 2.53 bits per heavy atom. The number of hydrogen-bond acceptors (Lipinski definition) is 5. The standard InChI is InChI=1S/C14H18N4O/c1-10-2-4-13(19-10)12-3-5-14(17-16-12)18-8-6-11(15)7-9-18/h2-5,11H,6-9,15H2,1H3. The summed E-state index contributed by atoms with van der Waals surface area (Å²) < 4.78 is 5.54. The first kappa shape index (κ1) is 12.2. The lowest BCUT2D eigenvalue weighted by Gasteiger charge is -2.30. The molecule has 0 aromatic carbocycles. The molecule has 2 aromatic rings. The van der Waals surface area contributed by atoms with Crippen molar-refractivity contribution in [3.05, 3.63) is 30.0 Å². The van der Waals surface area contributed by atoms with Gasteiger partial charge in [0, 0.05) is 19.1 Å². The third-order valence-corrected chi connectivity index (χ3v) is 3.51. The quantitative estimate of drug-likeness (QED) is 0.892. The Morgan fingerprint density at radius 1 is 1.16 bits per heavy atom. The predicted octanol–water partition coefficient (Wildman–Crippen LogP) is 1.97. The number of hydrogen-bond donors (Lipinski definition) is 1. The van der Waals surface area contributed by atoms with Crippen LogP contribution in [0.15, 0.2) is 28.7 Å². The van der Waals surface area contributed by atoms with Gasteiger partial charge in [0.15, 0.2) is 11.6 Å². The summed E-state index contributed by atoms with van der Waals surface area (Å²) in [4.78, 5) is 2.23. The molecule has 0 aliphatic carbocycles. The van der Waals surface area contributed by atoms with Crippen LogP contribution < -0.4 is 10.6 Å². The van der Waals surface area contributed by atoms with Crippen LogP contribution in [-0.4, -0.2) is 29.3 Å². The third-order valence-electron chi connectivity index (χ3n) is 3.51. The summed E-state index contributed by atoms with van der Waals surface area (Å²) in [5.41, 5.74) is 6.67. The molecule has 3 heterocycles. The summed E-state index contributed by atoms with van der Waals surface area (Å²) >= 11 is 0. The van der Waals surface area contributed by atoms with E-state index < -0.39 is 0 Å². The topological polar surface area (TPSA) is 68.2 Å². The number of aromatic nitrogens is 2. The Kier molecular flexibility index (Phi) is 3.21. The lowest BCUT2D eigenvalue weighted by atomic mass is 10.1. The fourth-order valence-corrected chi connectivity index (χ4v) is 2.33. The molecule has 0 unspecified atom stereocenters. The molecule has 100 valence electrons. The van der Waals surface area contributed by atoms with Crippen molar-refractivity contribution < 1.29 is 4.42 Å². The van der Waals surface area contributed by atoms with Crippen LogP contribution in [0.5, 0.6) is 0 Å². The maximum atomic E-state index is 5.90. The van der Waals surface area contributed by atoms with Crippen molar-refractivity contribution in [2.24, 2.45) is 5.73 Å². The molecular formula is C14H18N4O. The fraction of sp³-hybridized carbons (Fsp3) is 0.429. The summed E-state index contributed by atoms with van der Waals surface area (Å²) in [6.07, 6.45) is 2.03. The van der Waals surface area contributed by atoms with Gasteiger partial charge in [-0.1, -0.05) is 0 Å². The van der Waals surface area contributed by atoms with Crippen LogP contribution in [0.3, 0.4) is 0 Å². The van der Waals surface area contributed by atoms with Crippen LogP contribution in [0.2, 0.25) is 0 Å². The number of piperidine rings is 1. The van der Waals surface area contributed by atoms with E-state index in [0.29, 0.717) is 6.04 Å². The second kappa shape index (κ2) is 5.01. The van der Waals surface area contributed by atoms with Crippen molar-refractivity contribution in [1.82, 2.24) is 10.2 Å². The van der Waals surface area contributed by atoms with Gasteiger partial charge >= 0.3 is 0 Å². The zero-order chi connectivity index (χ0) is 13.2. The first-order valence-corrected chi connectivity index (χ1v) is 6.63. The van der Waals surface area contributed by atoms with E-state index in [-0.39, 0.29) is 0 Å². The van der Waals surface area contributed by atoms with Crippen molar-refractivity contribution in [3.63, 3.8) is 0 Å².